The van der Waals surface area contributed by atoms with Gasteiger partial charge in [-0.2, -0.15) is 4.98 Å². The van der Waals surface area contributed by atoms with Crippen molar-refractivity contribution in [1.82, 2.24) is 25.3 Å². The van der Waals surface area contributed by atoms with Crippen molar-refractivity contribution in [2.24, 2.45) is 0 Å². The van der Waals surface area contributed by atoms with Gasteiger partial charge in [-0.3, -0.25) is 24.0 Å². The van der Waals surface area contributed by atoms with Crippen LogP contribution in [0.15, 0.2) is 35.3 Å². The number of carbonyl (C=O) groups is 5. The number of ether oxygens (including phenoxy) is 2. The number of H-pyrrole nitrogens is 1. The number of nitrogen functional groups attached to an aromatic ring is 1. The quantitative estimate of drug-likeness (QED) is 0.213. The summed E-state index contributed by atoms with van der Waals surface area (Å²) in [6.45, 7) is 2.26. The Kier molecular flexibility index (Phi) is 8.76. The molecule has 0 fully saturated rings. The fourth-order valence-electron chi connectivity index (χ4n) is 3.17. The zero-order chi connectivity index (χ0) is 27.8. The van der Waals surface area contributed by atoms with Gasteiger partial charge >= 0.3 is 29.4 Å². The Morgan fingerprint density at radius 3 is 2.37 bits per heavy atom. The maximum absolute atomic E-state index is 12.7. The molecule has 1 amide bonds. The third kappa shape index (κ3) is 7.64. The molecule has 198 valence electrons. The highest BCUT2D eigenvalue weighted by Gasteiger charge is 2.25. The van der Waals surface area contributed by atoms with Gasteiger partial charge < -0.3 is 30.8 Å². The molecule has 0 aliphatic carbocycles. The van der Waals surface area contributed by atoms with Gasteiger partial charge in [0, 0.05) is 31.5 Å². The van der Waals surface area contributed by atoms with E-state index in [1.54, 1.807) is 12.1 Å². The van der Waals surface area contributed by atoms with Crippen LogP contribution in [0.5, 0.6) is 0 Å². The monoisotopic (exact) mass is 525 g/mol. The number of esters is 4. The van der Waals surface area contributed by atoms with Crippen LogP contribution in [0.2, 0.25) is 0 Å². The molecule has 15 nitrogen and oxygen atoms in total. The van der Waals surface area contributed by atoms with Gasteiger partial charge in [0.1, 0.15) is 6.04 Å². The molecular formula is C23H23N7O8. The molecule has 0 bridgehead atoms. The predicted molar refractivity (Wildman–Crippen MR) is 130 cm³/mol. The molecule has 2 aromatic heterocycles. The molecular weight excluding hydrogens is 502 g/mol. The standard InChI is InChI=1S/C23H23N7O8/c1-11(31)37-17(33)8-7-16(22(36)38-12(2)32)28-20(34)13-3-5-14(6-4-13)25-9-15-10-26-19-18(27-15)21(35)30-23(24)29-19/h3-6,10,16,25H,7-9H2,1-2H3,(H,28,34)(H3,24,26,29,30,35)/t16-/m0/s1. The molecule has 3 rings (SSSR count). The van der Waals surface area contributed by atoms with Crippen LogP contribution in [0.3, 0.4) is 0 Å². The van der Waals surface area contributed by atoms with Gasteiger partial charge in [0.25, 0.3) is 5.91 Å². The lowest BCUT2D eigenvalue weighted by atomic mass is 10.1. The molecule has 0 radical (unpaired) electrons. The highest BCUT2D eigenvalue weighted by molar-refractivity contribution is 5.98. The van der Waals surface area contributed by atoms with Crippen molar-refractivity contribution in [3.63, 3.8) is 0 Å². The second-order valence-corrected chi connectivity index (χ2v) is 7.86. The summed E-state index contributed by atoms with van der Waals surface area (Å²) in [6.07, 6.45) is 0.813. The fourth-order valence-corrected chi connectivity index (χ4v) is 3.17. The number of nitrogens with zero attached hydrogens (tertiary/aromatic N) is 3. The van der Waals surface area contributed by atoms with E-state index in [1.165, 1.54) is 18.3 Å². The van der Waals surface area contributed by atoms with Crippen LogP contribution in [-0.2, 0) is 35.2 Å². The maximum Gasteiger partial charge on any atom is 0.336 e. The number of rotatable bonds is 9. The Bertz CT molecular complexity index is 1450. The molecule has 1 atom stereocenters. The third-order valence-electron chi connectivity index (χ3n) is 4.84. The number of hydrogen-bond donors (Lipinski definition) is 4. The summed E-state index contributed by atoms with van der Waals surface area (Å²) < 4.78 is 8.93. The Balaban J connectivity index is 1.63. The highest BCUT2D eigenvalue weighted by atomic mass is 16.6. The summed E-state index contributed by atoms with van der Waals surface area (Å²) in [5.41, 5.74) is 6.36. The van der Waals surface area contributed by atoms with E-state index >= 15 is 0 Å². The Morgan fingerprint density at radius 2 is 1.71 bits per heavy atom. The van der Waals surface area contributed by atoms with E-state index in [0.29, 0.717) is 11.4 Å². The number of benzene rings is 1. The molecule has 1 aromatic carbocycles. The molecule has 0 saturated carbocycles. The number of hydrogen-bond acceptors (Lipinski definition) is 13. The molecule has 0 spiro atoms. The fraction of sp³-hybridized carbons (Fsp3) is 0.261. The van der Waals surface area contributed by atoms with E-state index in [2.05, 4.69) is 40.0 Å². The van der Waals surface area contributed by atoms with Gasteiger partial charge in [-0.25, -0.2) is 14.8 Å². The molecule has 0 saturated heterocycles. The van der Waals surface area contributed by atoms with Crippen molar-refractivity contribution >= 4 is 52.6 Å². The van der Waals surface area contributed by atoms with Crippen molar-refractivity contribution in [3.05, 3.63) is 52.1 Å². The van der Waals surface area contributed by atoms with Gasteiger partial charge in [0.15, 0.2) is 11.2 Å². The SMILES string of the molecule is CC(=O)OC(=O)CC[C@H](NC(=O)c1ccc(NCc2cnc3[nH]c(N)nc(=O)c3n2)cc1)C(=O)OC(C)=O. The zero-order valence-corrected chi connectivity index (χ0v) is 20.3. The third-order valence-corrected chi connectivity index (χ3v) is 4.84. The predicted octanol–water partition coefficient (Wildman–Crippen LogP) is -0.0346. The summed E-state index contributed by atoms with van der Waals surface area (Å²) in [5.74, 6) is -4.41. The van der Waals surface area contributed by atoms with Gasteiger partial charge in [-0.1, -0.05) is 0 Å². The average molecular weight is 525 g/mol. The summed E-state index contributed by atoms with van der Waals surface area (Å²) in [5, 5.41) is 5.48. The van der Waals surface area contributed by atoms with Crippen LogP contribution in [0.4, 0.5) is 11.6 Å². The molecule has 3 aromatic rings. The lowest BCUT2D eigenvalue weighted by Crippen LogP contribution is -2.42. The van der Waals surface area contributed by atoms with E-state index in [9.17, 15) is 28.8 Å². The smallest absolute Gasteiger partial charge is 0.336 e. The molecule has 2 heterocycles. The lowest BCUT2D eigenvalue weighted by Gasteiger charge is -2.16. The number of fused-ring (bicyclic) bond motifs is 1. The van der Waals surface area contributed by atoms with E-state index in [-0.39, 0.29) is 42.1 Å². The highest BCUT2D eigenvalue weighted by Crippen LogP contribution is 2.13. The van der Waals surface area contributed by atoms with E-state index < -0.39 is 41.4 Å². The summed E-state index contributed by atoms with van der Waals surface area (Å²) in [6, 6.07) is 4.77. The van der Waals surface area contributed by atoms with Crippen LogP contribution in [0, 0.1) is 0 Å². The van der Waals surface area contributed by atoms with E-state index in [4.69, 9.17) is 5.73 Å². The number of carbonyl (C=O) groups excluding carboxylic acids is 5. The van der Waals surface area contributed by atoms with Crippen molar-refractivity contribution in [3.8, 4) is 0 Å². The van der Waals surface area contributed by atoms with Crippen molar-refractivity contribution in [1.29, 1.82) is 0 Å². The largest absolute Gasteiger partial charge is 0.393 e. The minimum atomic E-state index is -1.34. The molecule has 15 heteroatoms. The van der Waals surface area contributed by atoms with E-state index in [0.717, 1.165) is 13.8 Å². The minimum Gasteiger partial charge on any atom is -0.393 e. The van der Waals surface area contributed by atoms with Crippen molar-refractivity contribution < 1.29 is 33.4 Å². The summed E-state index contributed by atoms with van der Waals surface area (Å²) in [4.78, 5) is 85.1. The first-order chi connectivity index (χ1) is 18.0. The average Bonchev–Trinajstić information content (AvgIpc) is 2.84. The van der Waals surface area contributed by atoms with Gasteiger partial charge in [0.05, 0.1) is 18.4 Å². The first kappa shape index (κ1) is 27.4. The Morgan fingerprint density at radius 1 is 1.03 bits per heavy atom. The number of nitrogens with one attached hydrogen (secondary N) is 3. The molecule has 0 unspecified atom stereocenters. The van der Waals surface area contributed by atoms with Crippen molar-refractivity contribution in [2.45, 2.75) is 39.3 Å². The Labute approximate surface area is 214 Å². The molecule has 5 N–H and O–H groups in total. The zero-order valence-electron chi connectivity index (χ0n) is 20.3. The molecule has 0 aliphatic rings. The van der Waals surface area contributed by atoms with Crippen LogP contribution in [0.1, 0.15) is 42.7 Å². The van der Waals surface area contributed by atoms with Crippen LogP contribution >= 0.6 is 0 Å². The number of amides is 1. The molecule has 0 aliphatic heterocycles. The van der Waals surface area contributed by atoms with Crippen LogP contribution in [0.25, 0.3) is 11.2 Å². The van der Waals surface area contributed by atoms with E-state index in [1.807, 2.05) is 0 Å². The second kappa shape index (κ2) is 12.2. The van der Waals surface area contributed by atoms with Crippen LogP contribution in [-0.4, -0.2) is 55.8 Å². The number of anilines is 2. The van der Waals surface area contributed by atoms with Crippen molar-refractivity contribution in [2.75, 3.05) is 11.1 Å². The normalized spacial score (nSPS) is 11.3. The first-order valence-electron chi connectivity index (χ1n) is 11.1. The molecule has 38 heavy (non-hydrogen) atoms. The topological polar surface area (TPSA) is 225 Å². The first-order valence-corrected chi connectivity index (χ1v) is 11.1. The Hall–Kier alpha value is -5.21. The van der Waals surface area contributed by atoms with Gasteiger partial charge in [-0.05, 0) is 30.7 Å². The number of nitrogens with two attached hydrogens (primary N) is 1. The van der Waals surface area contributed by atoms with Crippen LogP contribution < -0.4 is 21.9 Å². The number of aromatic amines is 1. The maximum atomic E-state index is 12.7. The van der Waals surface area contributed by atoms with Gasteiger partial charge in [-0.15, -0.1) is 0 Å². The minimum absolute atomic E-state index is 0.0397. The second-order valence-electron chi connectivity index (χ2n) is 7.86. The number of aromatic nitrogens is 4. The van der Waals surface area contributed by atoms with Gasteiger partial charge in [0.2, 0.25) is 5.95 Å². The lowest BCUT2D eigenvalue weighted by molar-refractivity contribution is -0.159. The summed E-state index contributed by atoms with van der Waals surface area (Å²) in [7, 11) is 0. The summed E-state index contributed by atoms with van der Waals surface area (Å²) >= 11 is 0.